The molecule has 1 aromatic rings. The average Bonchev–Trinajstić information content (AvgIpc) is 2.32. The number of nitrogens with two attached hydrogens (primary N) is 2. The summed E-state index contributed by atoms with van der Waals surface area (Å²) in [6.07, 6.45) is 3.33. The number of benzene rings is 1. The van der Waals surface area contributed by atoms with Gasteiger partial charge in [-0.05, 0) is 24.6 Å². The Kier molecular flexibility index (Phi) is 4.28. The van der Waals surface area contributed by atoms with E-state index in [9.17, 15) is 9.18 Å². The van der Waals surface area contributed by atoms with E-state index in [1.54, 1.807) is 25.1 Å². The van der Waals surface area contributed by atoms with Crippen molar-refractivity contribution in [1.29, 1.82) is 0 Å². The summed E-state index contributed by atoms with van der Waals surface area (Å²) in [4.78, 5) is 10.4. The van der Waals surface area contributed by atoms with Gasteiger partial charge in [0.25, 0.3) is 0 Å². The van der Waals surface area contributed by atoms with E-state index < -0.39 is 5.82 Å². The second kappa shape index (κ2) is 5.69. The van der Waals surface area contributed by atoms with Crippen LogP contribution in [0.15, 0.2) is 35.7 Å². The Morgan fingerprint density at radius 2 is 2.18 bits per heavy atom. The molecule has 0 fully saturated rings. The molecule has 0 atom stereocenters. The number of amides is 1. The normalized spacial score (nSPS) is 12.4. The van der Waals surface area contributed by atoms with E-state index in [4.69, 9.17) is 11.5 Å². The van der Waals surface area contributed by atoms with Gasteiger partial charge in [0, 0.05) is 11.8 Å². The number of anilines is 1. The Morgan fingerprint density at radius 3 is 2.76 bits per heavy atom. The van der Waals surface area contributed by atoms with Crippen LogP contribution in [-0.4, -0.2) is 6.41 Å². The molecule has 0 radical (unpaired) electrons. The molecule has 4 nitrogen and oxygen atoms in total. The van der Waals surface area contributed by atoms with Gasteiger partial charge in [0.2, 0.25) is 6.41 Å². The Bertz CT molecular complexity index is 481. The molecule has 0 saturated carbocycles. The molecule has 17 heavy (non-hydrogen) atoms. The van der Waals surface area contributed by atoms with Crippen molar-refractivity contribution in [2.45, 2.75) is 6.92 Å². The minimum atomic E-state index is -0.506. The molecule has 5 heteroatoms. The third kappa shape index (κ3) is 3.07. The number of carbonyl (C=O) groups is 1. The van der Waals surface area contributed by atoms with Gasteiger partial charge in [-0.1, -0.05) is 12.1 Å². The molecule has 0 saturated heterocycles. The summed E-state index contributed by atoms with van der Waals surface area (Å²) < 4.78 is 13.4. The average molecular weight is 235 g/mol. The minimum Gasteiger partial charge on any atom is -0.403 e. The second-order valence-corrected chi connectivity index (χ2v) is 3.42. The van der Waals surface area contributed by atoms with E-state index >= 15 is 0 Å². The zero-order valence-corrected chi connectivity index (χ0v) is 9.41. The van der Waals surface area contributed by atoms with Crippen LogP contribution in [0.5, 0.6) is 0 Å². The van der Waals surface area contributed by atoms with Crippen LogP contribution >= 0.6 is 0 Å². The van der Waals surface area contributed by atoms with E-state index in [1.165, 1.54) is 12.3 Å². The largest absolute Gasteiger partial charge is 0.403 e. The quantitative estimate of drug-likeness (QED) is 0.547. The number of rotatable bonds is 4. The molecule has 1 rings (SSSR count). The number of halogens is 1. The Morgan fingerprint density at radius 1 is 1.47 bits per heavy atom. The lowest BCUT2D eigenvalue weighted by Gasteiger charge is -2.07. The molecule has 1 aromatic carbocycles. The van der Waals surface area contributed by atoms with Crippen LogP contribution < -0.4 is 16.8 Å². The van der Waals surface area contributed by atoms with Gasteiger partial charge in [0.05, 0.1) is 11.4 Å². The molecule has 0 aliphatic carbocycles. The summed E-state index contributed by atoms with van der Waals surface area (Å²) in [5, 5.41) is 2.32. The molecule has 0 aliphatic heterocycles. The highest BCUT2D eigenvalue weighted by Gasteiger charge is 2.06. The summed E-state index contributed by atoms with van der Waals surface area (Å²) in [6, 6.07) is 4.48. The topological polar surface area (TPSA) is 81.1 Å². The highest BCUT2D eigenvalue weighted by Crippen LogP contribution is 2.22. The van der Waals surface area contributed by atoms with Crippen LogP contribution in [0.4, 0.5) is 10.1 Å². The summed E-state index contributed by atoms with van der Waals surface area (Å²) in [5.74, 6) is -0.506. The third-order valence-corrected chi connectivity index (χ3v) is 2.26. The number of hydrogen-bond acceptors (Lipinski definition) is 3. The maximum absolute atomic E-state index is 13.4. The van der Waals surface area contributed by atoms with Crippen molar-refractivity contribution < 1.29 is 9.18 Å². The SMILES string of the molecule is CC(=C\c1cccc(F)c1NC=O)/C(N)=C/N. The van der Waals surface area contributed by atoms with Crippen LogP contribution in [0.3, 0.4) is 0 Å². The van der Waals surface area contributed by atoms with Gasteiger partial charge in [0.1, 0.15) is 5.82 Å². The highest BCUT2D eigenvalue weighted by atomic mass is 19.1. The molecule has 0 aromatic heterocycles. The Labute approximate surface area is 98.8 Å². The van der Waals surface area contributed by atoms with E-state index in [0.29, 0.717) is 23.2 Å². The van der Waals surface area contributed by atoms with Gasteiger partial charge < -0.3 is 16.8 Å². The zero-order valence-electron chi connectivity index (χ0n) is 9.41. The van der Waals surface area contributed by atoms with Crippen molar-refractivity contribution in [3.05, 3.63) is 47.0 Å². The summed E-state index contributed by atoms with van der Waals surface area (Å²) >= 11 is 0. The van der Waals surface area contributed by atoms with Gasteiger partial charge in [-0.3, -0.25) is 4.79 Å². The van der Waals surface area contributed by atoms with Gasteiger partial charge in [-0.2, -0.15) is 0 Å². The molecule has 0 unspecified atom stereocenters. The predicted molar refractivity (Wildman–Crippen MR) is 66.2 cm³/mol. The fourth-order valence-corrected chi connectivity index (χ4v) is 1.32. The molecular formula is C12H14FN3O. The van der Waals surface area contributed by atoms with Gasteiger partial charge in [0.15, 0.2) is 0 Å². The van der Waals surface area contributed by atoms with Crippen LogP contribution in [0.1, 0.15) is 12.5 Å². The number of allylic oxidation sites excluding steroid dienone is 1. The number of hydrogen-bond donors (Lipinski definition) is 3. The molecule has 1 amide bonds. The third-order valence-electron chi connectivity index (χ3n) is 2.26. The van der Waals surface area contributed by atoms with E-state index in [2.05, 4.69) is 5.32 Å². The van der Waals surface area contributed by atoms with Crippen molar-refractivity contribution in [3.63, 3.8) is 0 Å². The smallest absolute Gasteiger partial charge is 0.211 e. The standard InChI is InChI=1S/C12H14FN3O/c1-8(11(15)6-14)5-9-3-2-4-10(13)12(9)16-7-17/h2-7H,14-15H2,1H3,(H,16,17)/b8-5+,11-6-. The maximum atomic E-state index is 13.4. The van der Waals surface area contributed by atoms with Crippen molar-refractivity contribution in [3.8, 4) is 0 Å². The fraction of sp³-hybridized carbons (Fsp3) is 0.0833. The lowest BCUT2D eigenvalue weighted by atomic mass is 10.1. The van der Waals surface area contributed by atoms with Crippen LogP contribution in [0.2, 0.25) is 0 Å². The second-order valence-electron chi connectivity index (χ2n) is 3.42. The number of para-hydroxylation sites is 1. The van der Waals surface area contributed by atoms with Gasteiger partial charge in [-0.25, -0.2) is 4.39 Å². The van der Waals surface area contributed by atoms with E-state index in [0.717, 1.165) is 0 Å². The van der Waals surface area contributed by atoms with Crippen LogP contribution in [0, 0.1) is 5.82 Å². The molecule has 0 heterocycles. The molecule has 0 spiro atoms. The number of nitrogens with one attached hydrogen (secondary N) is 1. The van der Waals surface area contributed by atoms with Gasteiger partial charge in [-0.15, -0.1) is 0 Å². The zero-order chi connectivity index (χ0) is 12.8. The first-order valence-electron chi connectivity index (χ1n) is 4.95. The molecule has 5 N–H and O–H groups in total. The van der Waals surface area contributed by atoms with Crippen molar-refractivity contribution in [2.75, 3.05) is 5.32 Å². The monoisotopic (exact) mass is 235 g/mol. The molecular weight excluding hydrogens is 221 g/mol. The Hall–Kier alpha value is -2.30. The first kappa shape index (κ1) is 12.8. The lowest BCUT2D eigenvalue weighted by molar-refractivity contribution is -0.105. The maximum Gasteiger partial charge on any atom is 0.211 e. The number of carbonyl (C=O) groups excluding carboxylic acids is 1. The summed E-state index contributed by atoms with van der Waals surface area (Å²) in [7, 11) is 0. The summed E-state index contributed by atoms with van der Waals surface area (Å²) in [6.45, 7) is 1.74. The van der Waals surface area contributed by atoms with E-state index in [1.807, 2.05) is 0 Å². The fourth-order valence-electron chi connectivity index (χ4n) is 1.32. The molecule has 0 bridgehead atoms. The molecule has 0 aliphatic rings. The molecule has 90 valence electrons. The van der Waals surface area contributed by atoms with Crippen LogP contribution in [0.25, 0.3) is 6.08 Å². The highest BCUT2D eigenvalue weighted by molar-refractivity contribution is 5.79. The summed E-state index contributed by atoms with van der Waals surface area (Å²) in [5.41, 5.74) is 12.6. The predicted octanol–water partition coefficient (Wildman–Crippen LogP) is 1.56. The van der Waals surface area contributed by atoms with Gasteiger partial charge >= 0.3 is 0 Å². The minimum absolute atomic E-state index is 0.117. The van der Waals surface area contributed by atoms with Crippen molar-refractivity contribution >= 4 is 18.2 Å². The Balaban J connectivity index is 3.22. The van der Waals surface area contributed by atoms with E-state index in [-0.39, 0.29) is 5.69 Å². The van der Waals surface area contributed by atoms with Crippen molar-refractivity contribution in [2.24, 2.45) is 11.5 Å². The first-order chi connectivity index (χ1) is 8.10. The first-order valence-corrected chi connectivity index (χ1v) is 4.95. The van der Waals surface area contributed by atoms with Crippen LogP contribution in [-0.2, 0) is 4.79 Å². The lowest BCUT2D eigenvalue weighted by Crippen LogP contribution is -2.03. The van der Waals surface area contributed by atoms with Crippen molar-refractivity contribution in [1.82, 2.24) is 0 Å².